The van der Waals surface area contributed by atoms with Gasteiger partial charge in [0.25, 0.3) is 0 Å². The molecule has 0 aliphatic rings. The lowest BCUT2D eigenvalue weighted by Crippen LogP contribution is -1.65. The Morgan fingerprint density at radius 3 is 2.90 bits per heavy atom. The predicted octanol–water partition coefficient (Wildman–Crippen LogP) is 2.49. The van der Waals surface area contributed by atoms with Crippen LogP contribution in [-0.4, -0.2) is 6.29 Å². The highest BCUT2D eigenvalue weighted by Crippen LogP contribution is 1.94. The van der Waals surface area contributed by atoms with Gasteiger partial charge in [-0.3, -0.25) is 4.79 Å². The molecule has 0 bridgehead atoms. The van der Waals surface area contributed by atoms with Crippen LogP contribution in [0.1, 0.15) is 28.9 Å². The molecule has 0 aliphatic heterocycles. The molecular formula is C9H14O. The van der Waals surface area contributed by atoms with E-state index in [2.05, 4.69) is 6.92 Å². The molecule has 0 fully saturated rings. The van der Waals surface area contributed by atoms with Gasteiger partial charge in [-0.15, -0.1) is 0 Å². The number of unbranched alkanes of at least 4 members (excludes halogenated alkanes) is 2. The van der Waals surface area contributed by atoms with Gasteiger partial charge in [-0.1, -0.05) is 37.9 Å². The molecule has 0 saturated heterocycles. The van der Waals surface area contributed by atoms with Gasteiger partial charge in [0.05, 0.1) is 2.74 Å². The van der Waals surface area contributed by atoms with Gasteiger partial charge in [0.2, 0.25) is 0 Å². The second kappa shape index (κ2) is 8.15. The summed E-state index contributed by atoms with van der Waals surface area (Å²) >= 11 is 0. The molecule has 1 nitrogen and oxygen atoms in total. The third-order valence-corrected chi connectivity index (χ3v) is 1.04. The van der Waals surface area contributed by atoms with E-state index in [1.165, 1.54) is 0 Å². The standard InChI is InChI=1S/C9H14O/c1-2-3-4-5-6-7-8-9-10/h5-9H,2-4H2,1H3/b6-5+,8-7+/i6D,7D. The maximum absolute atomic E-state index is 9.94. The highest BCUT2D eigenvalue weighted by atomic mass is 16.1. The Morgan fingerprint density at radius 1 is 1.50 bits per heavy atom. The van der Waals surface area contributed by atoms with Crippen LogP contribution in [0.3, 0.4) is 0 Å². The van der Waals surface area contributed by atoms with Crippen molar-refractivity contribution in [2.24, 2.45) is 0 Å². The van der Waals surface area contributed by atoms with Crippen LogP contribution in [0.5, 0.6) is 0 Å². The molecule has 0 rings (SSSR count). The number of rotatable bonds is 5. The fraction of sp³-hybridized carbons (Fsp3) is 0.444. The maximum Gasteiger partial charge on any atom is 0.142 e. The lowest BCUT2D eigenvalue weighted by molar-refractivity contribution is -0.104. The molecule has 0 amide bonds. The topological polar surface area (TPSA) is 17.1 Å². The van der Waals surface area contributed by atoms with Gasteiger partial charge >= 0.3 is 0 Å². The first-order valence-electron chi connectivity index (χ1n) is 4.51. The van der Waals surface area contributed by atoms with Crippen LogP contribution in [-0.2, 0) is 4.79 Å². The van der Waals surface area contributed by atoms with Crippen LogP contribution in [0.15, 0.2) is 24.3 Å². The normalized spacial score (nSPS) is 16.1. The first-order valence-corrected chi connectivity index (χ1v) is 3.51. The van der Waals surface area contributed by atoms with Gasteiger partial charge < -0.3 is 0 Å². The van der Waals surface area contributed by atoms with Gasteiger partial charge in [0.15, 0.2) is 0 Å². The van der Waals surface area contributed by atoms with E-state index in [4.69, 9.17) is 2.74 Å². The fourth-order valence-electron chi connectivity index (χ4n) is 0.519. The Bertz CT molecular complexity index is 195. The predicted molar refractivity (Wildman–Crippen MR) is 43.9 cm³/mol. The van der Waals surface area contributed by atoms with Gasteiger partial charge in [0.1, 0.15) is 6.29 Å². The zero-order valence-corrected chi connectivity index (χ0v) is 6.26. The van der Waals surface area contributed by atoms with E-state index in [9.17, 15) is 4.79 Å². The molecule has 56 valence electrons. The summed E-state index contributed by atoms with van der Waals surface area (Å²) in [6.45, 7) is 2.07. The summed E-state index contributed by atoms with van der Waals surface area (Å²) in [5.74, 6) is 0. The van der Waals surface area contributed by atoms with E-state index in [0.717, 1.165) is 25.3 Å². The largest absolute Gasteiger partial charge is 0.299 e. The van der Waals surface area contributed by atoms with Gasteiger partial charge in [0, 0.05) is 0 Å². The Morgan fingerprint density at radius 2 is 2.30 bits per heavy atom. The van der Waals surface area contributed by atoms with Crippen LogP contribution in [0.4, 0.5) is 0 Å². The Labute approximate surface area is 65.3 Å². The van der Waals surface area contributed by atoms with Crippen molar-refractivity contribution in [1.82, 2.24) is 0 Å². The SMILES string of the molecule is [2H]C(=C\C=O)/C([2H])=C/CCCC. The lowest BCUT2D eigenvalue weighted by atomic mass is 10.2. The smallest absolute Gasteiger partial charge is 0.142 e. The van der Waals surface area contributed by atoms with Gasteiger partial charge in [-0.2, -0.15) is 0 Å². The number of hydrogen-bond acceptors (Lipinski definition) is 1. The van der Waals surface area contributed by atoms with Crippen molar-refractivity contribution in [2.75, 3.05) is 0 Å². The molecule has 0 spiro atoms. The molecule has 10 heavy (non-hydrogen) atoms. The molecule has 0 aromatic carbocycles. The Balaban J connectivity index is 3.98. The fourth-order valence-corrected chi connectivity index (χ4v) is 0.519. The minimum Gasteiger partial charge on any atom is -0.299 e. The molecule has 0 aliphatic carbocycles. The number of allylic oxidation sites excluding steroid dienone is 4. The van der Waals surface area contributed by atoms with E-state index >= 15 is 0 Å². The number of carbonyl (C=O) groups excluding carboxylic acids is 1. The summed E-state index contributed by atoms with van der Waals surface area (Å²) in [4.78, 5) is 9.94. The van der Waals surface area contributed by atoms with Crippen LogP contribution < -0.4 is 0 Å². The number of carbonyl (C=O) groups is 1. The molecule has 0 saturated carbocycles. The maximum atomic E-state index is 9.94. The minimum absolute atomic E-state index is 0.0129. The van der Waals surface area contributed by atoms with E-state index in [0.29, 0.717) is 6.29 Å². The zero-order valence-electron chi connectivity index (χ0n) is 8.26. The molecule has 0 heterocycles. The molecular weight excluding hydrogens is 124 g/mol. The molecule has 0 unspecified atom stereocenters. The minimum atomic E-state index is -0.0129. The van der Waals surface area contributed by atoms with Crippen LogP contribution in [0.25, 0.3) is 0 Å². The second-order valence-corrected chi connectivity index (χ2v) is 1.94. The van der Waals surface area contributed by atoms with Crippen LogP contribution >= 0.6 is 0 Å². The van der Waals surface area contributed by atoms with Gasteiger partial charge in [-0.25, -0.2) is 0 Å². The second-order valence-electron chi connectivity index (χ2n) is 1.94. The monoisotopic (exact) mass is 140 g/mol. The summed E-state index contributed by atoms with van der Waals surface area (Å²) in [6, 6.07) is 0.122. The van der Waals surface area contributed by atoms with Crippen molar-refractivity contribution in [1.29, 1.82) is 0 Å². The van der Waals surface area contributed by atoms with Crippen molar-refractivity contribution >= 4 is 6.29 Å². The molecule has 1 heteroatoms. The van der Waals surface area contributed by atoms with Crippen molar-refractivity contribution in [2.45, 2.75) is 26.2 Å². The highest BCUT2D eigenvalue weighted by Gasteiger charge is 1.74. The van der Waals surface area contributed by atoms with Crippen molar-refractivity contribution in [3.8, 4) is 0 Å². The highest BCUT2D eigenvalue weighted by molar-refractivity contribution is 5.65. The van der Waals surface area contributed by atoms with Crippen LogP contribution in [0, 0.1) is 0 Å². The Kier molecular flexibility index (Phi) is 4.81. The van der Waals surface area contributed by atoms with Crippen molar-refractivity contribution < 1.29 is 7.54 Å². The summed E-state index contributed by atoms with van der Waals surface area (Å²) in [7, 11) is 0. The van der Waals surface area contributed by atoms with Gasteiger partial charge in [-0.05, 0) is 12.5 Å². The molecule has 0 radical (unpaired) electrons. The van der Waals surface area contributed by atoms with Crippen molar-refractivity contribution in [3.05, 3.63) is 24.3 Å². The molecule has 0 aromatic heterocycles. The van der Waals surface area contributed by atoms with E-state index in [-0.39, 0.29) is 12.1 Å². The average Bonchev–Trinajstić information content (AvgIpc) is 2.05. The average molecular weight is 140 g/mol. The third-order valence-electron chi connectivity index (χ3n) is 1.04. The summed E-state index contributed by atoms with van der Waals surface area (Å²) in [5.41, 5.74) is 0. The first kappa shape index (κ1) is 5.90. The molecule has 0 atom stereocenters. The first-order chi connectivity index (χ1) is 5.72. The zero-order chi connectivity index (χ0) is 9.40. The van der Waals surface area contributed by atoms with E-state index in [1.807, 2.05) is 0 Å². The Hall–Kier alpha value is -0.850. The third kappa shape index (κ3) is 7.15. The number of hydrogen-bond donors (Lipinski definition) is 0. The van der Waals surface area contributed by atoms with Crippen molar-refractivity contribution in [3.63, 3.8) is 0 Å². The van der Waals surface area contributed by atoms with E-state index < -0.39 is 0 Å². The summed E-state index contributed by atoms with van der Waals surface area (Å²) in [5, 5.41) is 0. The quantitative estimate of drug-likeness (QED) is 0.248. The van der Waals surface area contributed by atoms with E-state index in [1.54, 1.807) is 6.08 Å². The number of aldehydes is 1. The lowest BCUT2D eigenvalue weighted by Gasteiger charge is -1.84. The van der Waals surface area contributed by atoms with Crippen LogP contribution in [0.2, 0.25) is 0 Å². The summed E-state index contributed by atoms with van der Waals surface area (Å²) < 4.78 is 14.5. The summed E-state index contributed by atoms with van der Waals surface area (Å²) in [6.07, 6.45) is 6.21. The molecule has 0 aromatic rings. The molecule has 0 N–H and O–H groups in total.